The van der Waals surface area contributed by atoms with Crippen molar-refractivity contribution in [2.24, 2.45) is 0 Å². The van der Waals surface area contributed by atoms with E-state index in [9.17, 15) is 10.2 Å². The molecule has 3 unspecified atom stereocenters. The van der Waals surface area contributed by atoms with Crippen LogP contribution in [0.25, 0.3) is 4.85 Å². The Morgan fingerprint density at radius 1 is 1.77 bits per heavy atom. The second-order valence-electron chi connectivity index (χ2n) is 2.83. The summed E-state index contributed by atoms with van der Waals surface area (Å²) in [5.74, 6) is -1.69. The second-order valence-corrected chi connectivity index (χ2v) is 2.83. The monoisotopic (exact) mass is 181 g/mol. The van der Waals surface area contributed by atoms with Crippen LogP contribution in [0.2, 0.25) is 0 Å². The van der Waals surface area contributed by atoms with E-state index in [1.165, 1.54) is 0 Å². The molecule has 69 valence electrons. The molecule has 1 fully saturated rings. The molecule has 0 saturated carbocycles. The number of rotatable bonds is 2. The van der Waals surface area contributed by atoms with E-state index in [1.807, 2.05) is 0 Å². The minimum Gasteiger partial charge on any atom is -0.390 e. The van der Waals surface area contributed by atoms with Gasteiger partial charge < -0.3 is 19.8 Å². The highest BCUT2D eigenvalue weighted by molar-refractivity contribution is 5.06. The van der Waals surface area contributed by atoms with Gasteiger partial charge in [0.25, 0.3) is 0 Å². The Kier molecular flexibility index (Phi) is 2.84. The molecule has 0 amide bonds. The van der Waals surface area contributed by atoms with Crippen LogP contribution >= 0.6 is 0 Å². The first-order valence-corrected chi connectivity index (χ1v) is 3.76. The lowest BCUT2D eigenvalue weighted by atomic mass is 10.1. The number of hydrogen-bond donors (Lipinski definition) is 2. The molecule has 5 heteroatoms. The van der Waals surface area contributed by atoms with Gasteiger partial charge in [-0.15, -0.1) is 0 Å². The van der Waals surface area contributed by atoms with E-state index in [2.05, 4.69) is 4.85 Å². The molecule has 0 aliphatic carbocycles. The van der Waals surface area contributed by atoms with Gasteiger partial charge in [0.2, 0.25) is 6.54 Å². The zero-order chi connectivity index (χ0) is 9.90. The molecule has 1 aliphatic rings. The minimum atomic E-state index is -1.69. The predicted molar refractivity (Wildman–Crippen MR) is 41.8 cm³/mol. The molecular weight excluding hydrogens is 172 g/mol. The lowest BCUT2D eigenvalue weighted by molar-refractivity contribution is -0.170. The molecule has 0 aromatic carbocycles. The van der Waals surface area contributed by atoms with Crippen molar-refractivity contribution in [3.63, 3.8) is 0 Å². The molecule has 0 bridgehead atoms. The third-order valence-electron chi connectivity index (χ3n) is 1.77. The molecule has 1 saturated heterocycles. The average molecular weight is 181 g/mol. The smallest absolute Gasteiger partial charge is 0.243 e. The van der Waals surface area contributed by atoms with Gasteiger partial charge in [-0.1, -0.05) is 0 Å². The number of ether oxygens (including phenoxy) is 1. The Morgan fingerprint density at radius 3 is 3.00 bits per heavy atom. The summed E-state index contributed by atoms with van der Waals surface area (Å²) in [4.78, 5) is 3.04. The van der Waals surface area contributed by atoms with Gasteiger partial charge in [0, 0.05) is 0 Å². The highest BCUT2D eigenvalue weighted by atomic mass is 16.6. The Bertz CT molecular complexity index is 268. The molecule has 5 nitrogen and oxygen atoms in total. The highest BCUT2D eigenvalue weighted by Crippen LogP contribution is 2.30. The van der Waals surface area contributed by atoms with Gasteiger partial charge >= 0.3 is 0 Å². The van der Waals surface area contributed by atoms with E-state index in [-0.39, 0.29) is 13.0 Å². The third-order valence-corrected chi connectivity index (χ3v) is 1.77. The maximum atomic E-state index is 9.50. The summed E-state index contributed by atoms with van der Waals surface area (Å²) < 4.78 is 4.96. The van der Waals surface area contributed by atoms with Crippen LogP contribution in [0.5, 0.6) is 0 Å². The van der Waals surface area contributed by atoms with Crippen LogP contribution < -0.4 is 0 Å². The van der Waals surface area contributed by atoms with Crippen molar-refractivity contribution in [3.8, 4) is 6.07 Å². The second kappa shape index (κ2) is 3.71. The molecule has 1 heterocycles. The van der Waals surface area contributed by atoms with Gasteiger partial charge in [0.05, 0.1) is 25.0 Å². The molecule has 0 aromatic heterocycles. The maximum Gasteiger partial charge on any atom is 0.243 e. The highest BCUT2D eigenvalue weighted by Gasteiger charge is 2.46. The number of hydrogen-bond acceptors (Lipinski definition) is 4. The largest absolute Gasteiger partial charge is 0.390 e. The quantitative estimate of drug-likeness (QED) is 0.561. The lowest BCUT2D eigenvalue weighted by Gasteiger charge is -2.17. The first-order valence-electron chi connectivity index (χ1n) is 3.76. The summed E-state index contributed by atoms with van der Waals surface area (Å²) in [7, 11) is 0. The molecule has 2 N–H and O–H groups in total. The molecule has 0 spiro atoms. The van der Waals surface area contributed by atoms with Crippen LogP contribution in [0.15, 0.2) is 0 Å². The fourth-order valence-corrected chi connectivity index (χ4v) is 1.19. The van der Waals surface area contributed by atoms with E-state index < -0.39 is 18.0 Å². The fraction of sp³-hybridized carbons (Fsp3) is 0.625. The fourth-order valence-electron chi connectivity index (χ4n) is 1.19. The standard InChI is InChI=1S/C8H9N2O3/c1-10-5-7-6(11)4-8(12,13-7)2-3-9/h4,6-7,11-12H,2,5H2. The van der Waals surface area contributed by atoms with Crippen LogP contribution in [0.4, 0.5) is 0 Å². The summed E-state index contributed by atoms with van der Waals surface area (Å²) in [5.41, 5.74) is 0. The first-order chi connectivity index (χ1) is 6.11. The van der Waals surface area contributed by atoms with Gasteiger partial charge in [-0.2, -0.15) is 5.26 Å². The Hall–Kier alpha value is -1.14. The van der Waals surface area contributed by atoms with Crippen LogP contribution in [0, 0.1) is 24.3 Å². The van der Waals surface area contributed by atoms with Crippen molar-refractivity contribution < 1.29 is 14.9 Å². The summed E-state index contributed by atoms with van der Waals surface area (Å²) in [6, 6.07) is 1.74. The third kappa shape index (κ3) is 2.16. The normalized spacial score (nSPS) is 38.2. The minimum absolute atomic E-state index is 0.0224. The molecular formula is C8H9N2O3. The van der Waals surface area contributed by atoms with Gasteiger partial charge in [-0.25, -0.2) is 6.57 Å². The van der Waals surface area contributed by atoms with Crippen molar-refractivity contribution in [1.29, 1.82) is 5.26 Å². The molecule has 1 radical (unpaired) electrons. The SMILES string of the molecule is [C-]#[N+]CC1OC(O)(CC#N)[CH]C1O. The Labute approximate surface area is 76.0 Å². The average Bonchev–Trinajstić information content (AvgIpc) is 2.28. The van der Waals surface area contributed by atoms with Crippen molar-refractivity contribution in [1.82, 2.24) is 0 Å². The van der Waals surface area contributed by atoms with Crippen LogP contribution in [-0.4, -0.2) is 34.8 Å². The number of aliphatic hydroxyl groups is 2. The van der Waals surface area contributed by atoms with E-state index >= 15 is 0 Å². The van der Waals surface area contributed by atoms with Gasteiger partial charge in [-0.3, -0.25) is 0 Å². The van der Waals surface area contributed by atoms with Gasteiger partial charge in [0.15, 0.2) is 11.9 Å². The number of nitrogens with zero attached hydrogens (tertiary/aromatic N) is 2. The summed E-state index contributed by atoms with van der Waals surface area (Å²) in [5, 5.41) is 27.1. The maximum absolute atomic E-state index is 9.50. The Morgan fingerprint density at radius 2 is 2.46 bits per heavy atom. The van der Waals surface area contributed by atoms with Gasteiger partial charge in [0.1, 0.15) is 0 Å². The zero-order valence-corrected chi connectivity index (χ0v) is 6.84. The van der Waals surface area contributed by atoms with Crippen LogP contribution in [0.3, 0.4) is 0 Å². The lowest BCUT2D eigenvalue weighted by Crippen LogP contribution is -2.28. The number of nitriles is 1. The molecule has 1 rings (SSSR count). The molecule has 3 atom stereocenters. The summed E-state index contributed by atoms with van der Waals surface area (Å²) in [6.07, 6.45) is -0.798. The summed E-state index contributed by atoms with van der Waals surface area (Å²) in [6.45, 7) is 6.54. The van der Waals surface area contributed by atoms with E-state index in [0.29, 0.717) is 0 Å². The Balaban J connectivity index is 2.60. The molecule has 13 heavy (non-hydrogen) atoms. The molecule has 1 aliphatic heterocycles. The van der Waals surface area contributed by atoms with Crippen LogP contribution in [0.1, 0.15) is 6.42 Å². The zero-order valence-electron chi connectivity index (χ0n) is 6.84. The first kappa shape index (κ1) is 9.94. The van der Waals surface area contributed by atoms with Crippen molar-refractivity contribution in [2.45, 2.75) is 24.4 Å². The van der Waals surface area contributed by atoms with E-state index in [4.69, 9.17) is 16.6 Å². The number of aliphatic hydroxyl groups excluding tert-OH is 1. The van der Waals surface area contributed by atoms with E-state index in [0.717, 1.165) is 6.42 Å². The van der Waals surface area contributed by atoms with Crippen molar-refractivity contribution in [2.75, 3.05) is 6.54 Å². The predicted octanol–water partition coefficient (Wildman–Crippen LogP) is -0.528. The van der Waals surface area contributed by atoms with Crippen LogP contribution in [-0.2, 0) is 4.74 Å². The van der Waals surface area contributed by atoms with Crippen molar-refractivity contribution >= 4 is 0 Å². The summed E-state index contributed by atoms with van der Waals surface area (Å²) >= 11 is 0. The van der Waals surface area contributed by atoms with Crippen molar-refractivity contribution in [3.05, 3.63) is 17.8 Å². The van der Waals surface area contributed by atoms with Gasteiger partial charge in [-0.05, 0) is 0 Å². The molecule has 0 aromatic rings. The van der Waals surface area contributed by atoms with E-state index in [1.54, 1.807) is 6.07 Å². The topological polar surface area (TPSA) is 77.8 Å².